The molecule has 0 fully saturated rings. The summed E-state index contributed by atoms with van der Waals surface area (Å²) in [6, 6.07) is 0. The lowest BCUT2D eigenvalue weighted by molar-refractivity contribution is -0.870. The van der Waals surface area contributed by atoms with Crippen LogP contribution in [0.4, 0.5) is 0 Å². The number of rotatable bonds is 64. The summed E-state index contributed by atoms with van der Waals surface area (Å²) >= 11 is 0. The molecule has 0 radical (unpaired) electrons. The summed E-state index contributed by atoms with van der Waals surface area (Å²) < 4.78 is 23.0. The molecular weight excluding hydrogens is 1080 g/mol. The Kier molecular flexibility index (Phi) is 63.8. The number of carboxylic acids is 1. The standard InChI is InChI=1S/C78H131NO8/c1-6-8-10-12-14-16-18-20-22-24-26-28-30-32-34-35-36-37-38-39-40-41-43-45-47-49-51-53-55-57-59-61-63-65-67-69-76(81)87-74(73-86-78(77(82)83)84-71-70-79(3,4)5)72-85-75(80)68-66-64-62-60-58-56-54-52-50-48-46-44-42-33-31-29-27-25-23-21-19-17-15-13-11-9-7-2/h8-11,14-17,20-23,26-29,32-34,36-37,42,74,78H,6-7,12-13,18-19,24-25,30-31,35,38-41,43-73H2,1-5H3/p+1/b10-8-,11-9-,16-14-,17-15-,22-20-,23-21-,28-26-,29-27-,34-32-,37-36-,42-33-. The molecule has 0 aromatic rings. The number of carbonyl (C=O) groups is 3. The van der Waals surface area contributed by atoms with Gasteiger partial charge in [-0.25, -0.2) is 4.79 Å². The van der Waals surface area contributed by atoms with E-state index in [0.29, 0.717) is 23.9 Å². The summed E-state index contributed by atoms with van der Waals surface area (Å²) in [4.78, 5) is 37.6. The number of esters is 2. The van der Waals surface area contributed by atoms with Crippen LogP contribution in [0.15, 0.2) is 134 Å². The maximum atomic E-state index is 13.0. The van der Waals surface area contributed by atoms with Crippen LogP contribution in [-0.2, 0) is 33.3 Å². The van der Waals surface area contributed by atoms with Gasteiger partial charge in [0.15, 0.2) is 6.10 Å². The molecule has 0 saturated carbocycles. The van der Waals surface area contributed by atoms with E-state index in [9.17, 15) is 19.5 Å². The number of quaternary nitrogens is 1. The number of carboxylic acid groups (broad SMARTS) is 1. The molecule has 9 nitrogen and oxygen atoms in total. The summed E-state index contributed by atoms with van der Waals surface area (Å²) in [6.07, 6.45) is 94.2. The average Bonchev–Trinajstić information content (AvgIpc) is 3.56. The molecule has 0 amide bonds. The molecule has 1 N–H and O–H groups in total. The number of aliphatic carboxylic acids is 1. The maximum absolute atomic E-state index is 13.0. The SMILES string of the molecule is CC/C=C\C/C=C\C/C=C\C/C=C\C/C=C\C/C=C\CCCCCCCCCCCCCCCCCCC(=O)OC(COC(=O)CCCCCCCCCCCCC/C=C\C/C=C\C/C=C\C/C=C\C/C=C\CC)COC(OCC[N+](C)(C)C)C(=O)O. The van der Waals surface area contributed by atoms with Gasteiger partial charge in [0.05, 0.1) is 34.4 Å². The van der Waals surface area contributed by atoms with Gasteiger partial charge in [-0.15, -0.1) is 0 Å². The zero-order valence-corrected chi connectivity index (χ0v) is 56.6. The van der Waals surface area contributed by atoms with E-state index in [1.54, 1.807) is 0 Å². The van der Waals surface area contributed by atoms with Gasteiger partial charge in [-0.3, -0.25) is 9.59 Å². The Morgan fingerprint density at radius 3 is 0.920 bits per heavy atom. The van der Waals surface area contributed by atoms with Crippen molar-refractivity contribution < 1.29 is 42.9 Å². The van der Waals surface area contributed by atoms with Crippen molar-refractivity contribution in [2.24, 2.45) is 0 Å². The zero-order valence-electron chi connectivity index (χ0n) is 56.6. The highest BCUT2D eigenvalue weighted by Crippen LogP contribution is 2.17. The third-order valence-electron chi connectivity index (χ3n) is 14.9. The minimum absolute atomic E-state index is 0.182. The van der Waals surface area contributed by atoms with Crippen molar-refractivity contribution in [3.8, 4) is 0 Å². The van der Waals surface area contributed by atoms with E-state index >= 15 is 0 Å². The zero-order chi connectivity index (χ0) is 63.3. The van der Waals surface area contributed by atoms with Crippen molar-refractivity contribution in [1.29, 1.82) is 0 Å². The van der Waals surface area contributed by atoms with Crippen molar-refractivity contribution >= 4 is 17.9 Å². The predicted molar refractivity (Wildman–Crippen MR) is 373 cm³/mol. The summed E-state index contributed by atoms with van der Waals surface area (Å²) in [5.74, 6) is -2.01. The Labute approximate surface area is 535 Å². The minimum Gasteiger partial charge on any atom is -0.477 e. The molecule has 0 aromatic heterocycles. The van der Waals surface area contributed by atoms with E-state index in [2.05, 4.69) is 148 Å². The molecule has 0 spiro atoms. The van der Waals surface area contributed by atoms with Crippen LogP contribution in [0.1, 0.15) is 284 Å². The van der Waals surface area contributed by atoms with Crippen LogP contribution in [0.2, 0.25) is 0 Å². The Morgan fingerprint density at radius 2 is 0.621 bits per heavy atom. The first-order valence-corrected chi connectivity index (χ1v) is 35.3. The number of allylic oxidation sites excluding steroid dienone is 22. The molecule has 0 rings (SSSR count). The predicted octanol–water partition coefficient (Wildman–Crippen LogP) is 22.1. The minimum atomic E-state index is -1.52. The van der Waals surface area contributed by atoms with Crippen molar-refractivity contribution in [2.75, 3.05) is 47.5 Å². The molecule has 496 valence electrons. The lowest BCUT2D eigenvalue weighted by Crippen LogP contribution is -2.40. The highest BCUT2D eigenvalue weighted by atomic mass is 16.7. The largest absolute Gasteiger partial charge is 0.477 e. The first-order chi connectivity index (χ1) is 42.6. The van der Waals surface area contributed by atoms with Gasteiger partial charge >= 0.3 is 17.9 Å². The van der Waals surface area contributed by atoms with Gasteiger partial charge in [-0.2, -0.15) is 0 Å². The van der Waals surface area contributed by atoms with Gasteiger partial charge in [0, 0.05) is 12.8 Å². The molecule has 2 atom stereocenters. The summed E-state index contributed by atoms with van der Waals surface area (Å²) in [5, 5.41) is 9.75. The van der Waals surface area contributed by atoms with Gasteiger partial charge in [-0.1, -0.05) is 295 Å². The van der Waals surface area contributed by atoms with E-state index in [0.717, 1.165) is 103 Å². The summed E-state index contributed by atoms with van der Waals surface area (Å²) in [7, 11) is 5.97. The number of hydrogen-bond acceptors (Lipinski definition) is 7. The normalized spacial score (nSPS) is 13.5. The van der Waals surface area contributed by atoms with Gasteiger partial charge in [-0.05, 0) is 109 Å². The molecule has 0 saturated heterocycles. The van der Waals surface area contributed by atoms with Crippen LogP contribution >= 0.6 is 0 Å². The average molecular weight is 1210 g/mol. The van der Waals surface area contributed by atoms with Crippen LogP contribution in [-0.4, -0.2) is 87.4 Å². The van der Waals surface area contributed by atoms with Crippen molar-refractivity contribution in [1.82, 2.24) is 0 Å². The molecule has 2 unspecified atom stereocenters. The number of unbranched alkanes of at least 4 members (excludes halogenated alkanes) is 27. The van der Waals surface area contributed by atoms with Gasteiger partial charge in [0.1, 0.15) is 13.2 Å². The van der Waals surface area contributed by atoms with E-state index in [-0.39, 0.29) is 32.2 Å². The van der Waals surface area contributed by atoms with Crippen LogP contribution in [0.25, 0.3) is 0 Å². The molecule has 0 aromatic carbocycles. The summed E-state index contributed by atoms with van der Waals surface area (Å²) in [5.41, 5.74) is 0. The van der Waals surface area contributed by atoms with Crippen molar-refractivity contribution in [3.63, 3.8) is 0 Å². The topological polar surface area (TPSA) is 108 Å². The van der Waals surface area contributed by atoms with Gasteiger partial charge in [0.2, 0.25) is 0 Å². The number of likely N-dealkylation sites (N-methyl/N-ethyl adjacent to an activating group) is 1. The van der Waals surface area contributed by atoms with Crippen molar-refractivity contribution in [3.05, 3.63) is 134 Å². The molecule has 0 aliphatic rings. The third-order valence-corrected chi connectivity index (χ3v) is 14.9. The molecule has 87 heavy (non-hydrogen) atoms. The number of nitrogens with zero attached hydrogens (tertiary/aromatic N) is 1. The maximum Gasteiger partial charge on any atom is 0.361 e. The molecule has 0 aliphatic heterocycles. The fourth-order valence-corrected chi connectivity index (χ4v) is 9.58. The van der Waals surface area contributed by atoms with Crippen molar-refractivity contribution in [2.45, 2.75) is 296 Å². The third kappa shape index (κ3) is 68.8. The van der Waals surface area contributed by atoms with Crippen LogP contribution in [0, 0.1) is 0 Å². The fourth-order valence-electron chi connectivity index (χ4n) is 9.58. The Bertz CT molecular complexity index is 1890. The second-order valence-electron chi connectivity index (χ2n) is 24.4. The lowest BCUT2D eigenvalue weighted by atomic mass is 10.0. The molecule has 0 aliphatic carbocycles. The second kappa shape index (κ2) is 67.4. The van der Waals surface area contributed by atoms with Gasteiger partial charge < -0.3 is 28.5 Å². The molecule has 0 heterocycles. The molecular formula is C78H132NO8+. The van der Waals surface area contributed by atoms with E-state index < -0.39 is 24.3 Å². The van der Waals surface area contributed by atoms with Crippen LogP contribution in [0.3, 0.4) is 0 Å². The Morgan fingerprint density at radius 1 is 0.345 bits per heavy atom. The quantitative estimate of drug-likeness (QED) is 0.0211. The van der Waals surface area contributed by atoms with Crippen LogP contribution < -0.4 is 0 Å². The number of hydrogen-bond donors (Lipinski definition) is 1. The Hall–Kier alpha value is -4.57. The first kappa shape index (κ1) is 82.4. The molecule has 9 heteroatoms. The van der Waals surface area contributed by atoms with E-state index in [4.69, 9.17) is 18.9 Å². The fraction of sp³-hybridized carbons (Fsp3) is 0.679. The second-order valence-corrected chi connectivity index (χ2v) is 24.4. The smallest absolute Gasteiger partial charge is 0.361 e. The van der Waals surface area contributed by atoms with E-state index in [1.807, 2.05) is 21.1 Å². The Balaban J connectivity index is 4.12. The number of carbonyl (C=O) groups excluding carboxylic acids is 2. The van der Waals surface area contributed by atoms with Crippen LogP contribution in [0.5, 0.6) is 0 Å². The first-order valence-electron chi connectivity index (χ1n) is 35.3. The molecule has 0 bridgehead atoms. The summed E-state index contributed by atoms with van der Waals surface area (Å²) in [6.45, 7) is 4.66. The highest BCUT2D eigenvalue weighted by Gasteiger charge is 2.25. The lowest BCUT2D eigenvalue weighted by Gasteiger charge is -2.25. The highest BCUT2D eigenvalue weighted by molar-refractivity contribution is 5.71. The van der Waals surface area contributed by atoms with E-state index in [1.165, 1.54) is 148 Å². The monoisotopic (exact) mass is 1210 g/mol. The number of ether oxygens (including phenoxy) is 4. The van der Waals surface area contributed by atoms with Gasteiger partial charge in [0.25, 0.3) is 6.29 Å².